The Balaban J connectivity index is 2.03. The minimum absolute atomic E-state index is 0.0766. The van der Waals surface area contributed by atoms with Gasteiger partial charge in [-0.25, -0.2) is 18.7 Å². The third kappa shape index (κ3) is 6.19. The lowest BCUT2D eigenvalue weighted by Crippen LogP contribution is -2.51. The van der Waals surface area contributed by atoms with E-state index in [0.29, 0.717) is 5.69 Å². The Labute approximate surface area is 182 Å². The fraction of sp³-hybridized carbons (Fsp3) is 0.524. The Hall–Kier alpha value is -2.61. The molecule has 2 unspecified atom stereocenters. The van der Waals surface area contributed by atoms with Crippen LogP contribution in [0.1, 0.15) is 38.2 Å². The second-order valence-electron chi connectivity index (χ2n) is 7.56. The topological polar surface area (TPSA) is 122 Å². The van der Waals surface area contributed by atoms with Crippen molar-refractivity contribution < 1.29 is 32.7 Å². The highest BCUT2D eigenvalue weighted by molar-refractivity contribution is 7.92. The Bertz CT molecular complexity index is 950. The Morgan fingerprint density at radius 2 is 2.03 bits per heavy atom. The summed E-state index contributed by atoms with van der Waals surface area (Å²) in [6.07, 6.45) is 1.83. The van der Waals surface area contributed by atoms with Crippen LogP contribution in [-0.4, -0.2) is 63.0 Å². The zero-order chi connectivity index (χ0) is 23.1. The number of rotatable bonds is 9. The van der Waals surface area contributed by atoms with Gasteiger partial charge in [0.15, 0.2) is 14.6 Å². The SMILES string of the molecule is COCCCCC#Cc1ccc(N2CC(CC(C)(C(=O)NO)S(C)(=O)=O)OC2=O)cc1. The molecule has 0 aromatic heterocycles. The number of ether oxygens (including phenoxy) is 2. The fourth-order valence-corrected chi connectivity index (χ4v) is 4.02. The summed E-state index contributed by atoms with van der Waals surface area (Å²) in [6, 6.07) is 7.04. The second kappa shape index (κ2) is 10.6. The van der Waals surface area contributed by atoms with E-state index in [9.17, 15) is 18.0 Å². The highest BCUT2D eigenvalue weighted by Crippen LogP contribution is 2.30. The third-order valence-electron chi connectivity index (χ3n) is 5.20. The first-order valence-electron chi connectivity index (χ1n) is 9.82. The molecule has 2 N–H and O–H groups in total. The van der Waals surface area contributed by atoms with Crippen LogP contribution in [0.2, 0.25) is 0 Å². The van der Waals surface area contributed by atoms with Crippen LogP contribution in [-0.2, 0) is 24.1 Å². The highest BCUT2D eigenvalue weighted by atomic mass is 32.2. The maximum atomic E-state index is 12.3. The smallest absolute Gasteiger partial charge is 0.414 e. The lowest BCUT2D eigenvalue weighted by Gasteiger charge is -2.26. The molecule has 1 aromatic rings. The van der Waals surface area contributed by atoms with Crippen LogP contribution in [0.15, 0.2) is 24.3 Å². The minimum atomic E-state index is -3.89. The van der Waals surface area contributed by atoms with Crippen LogP contribution in [0.3, 0.4) is 0 Å². The van der Waals surface area contributed by atoms with Crippen LogP contribution in [0.5, 0.6) is 0 Å². The van der Waals surface area contributed by atoms with Gasteiger partial charge in [0.1, 0.15) is 6.10 Å². The molecule has 10 heteroatoms. The van der Waals surface area contributed by atoms with Crippen molar-refractivity contribution in [3.63, 3.8) is 0 Å². The standard InChI is InChI=1S/C21H28N2O7S/c1-21(19(24)22-26,31(3,27)28)14-18-15-23(20(25)30-18)17-11-9-16(10-12-17)8-6-4-5-7-13-29-2/h9-12,18,26H,4-5,7,13-15H2,1-3H3,(H,22,24). The molecule has 1 aromatic carbocycles. The van der Waals surface area contributed by atoms with Crippen molar-refractivity contribution in [2.75, 3.05) is 31.4 Å². The lowest BCUT2D eigenvalue weighted by molar-refractivity contribution is -0.132. The van der Waals surface area contributed by atoms with Crippen LogP contribution in [0.4, 0.5) is 10.5 Å². The van der Waals surface area contributed by atoms with Gasteiger partial charge in [-0.15, -0.1) is 0 Å². The molecule has 2 atom stereocenters. The van der Waals surface area contributed by atoms with E-state index in [2.05, 4.69) is 11.8 Å². The average Bonchev–Trinajstić information content (AvgIpc) is 3.09. The van der Waals surface area contributed by atoms with Crippen LogP contribution >= 0.6 is 0 Å². The molecule has 2 rings (SSSR count). The molecule has 1 saturated heterocycles. The van der Waals surface area contributed by atoms with Crippen LogP contribution in [0.25, 0.3) is 0 Å². The molecular formula is C21H28N2O7S. The average molecular weight is 453 g/mol. The number of carbonyl (C=O) groups is 2. The summed E-state index contributed by atoms with van der Waals surface area (Å²) < 4.78 is 32.6. The molecule has 170 valence electrons. The Morgan fingerprint density at radius 1 is 1.35 bits per heavy atom. The van der Waals surface area contributed by atoms with Gasteiger partial charge in [-0.1, -0.05) is 11.8 Å². The number of methoxy groups -OCH3 is 1. The van der Waals surface area contributed by atoms with Gasteiger partial charge in [0.05, 0.1) is 6.54 Å². The van der Waals surface area contributed by atoms with E-state index in [1.807, 2.05) is 0 Å². The summed E-state index contributed by atoms with van der Waals surface area (Å²) in [7, 11) is -2.22. The lowest BCUT2D eigenvalue weighted by atomic mass is 10.0. The first kappa shape index (κ1) is 24.7. The Kier molecular flexibility index (Phi) is 8.44. The number of amides is 2. The van der Waals surface area contributed by atoms with E-state index in [1.165, 1.54) is 17.3 Å². The summed E-state index contributed by atoms with van der Waals surface area (Å²) in [6.45, 7) is 1.98. The van der Waals surface area contributed by atoms with Gasteiger partial charge in [0.25, 0.3) is 5.91 Å². The van der Waals surface area contributed by atoms with Gasteiger partial charge >= 0.3 is 6.09 Å². The molecule has 0 saturated carbocycles. The van der Waals surface area contributed by atoms with Gasteiger partial charge in [0.2, 0.25) is 0 Å². The first-order chi connectivity index (χ1) is 14.6. The van der Waals surface area contributed by atoms with Gasteiger partial charge in [0, 0.05) is 44.1 Å². The van der Waals surface area contributed by atoms with Crippen molar-refractivity contribution in [3.05, 3.63) is 29.8 Å². The number of benzene rings is 1. The van der Waals surface area contributed by atoms with Crippen LogP contribution < -0.4 is 10.4 Å². The fourth-order valence-electron chi connectivity index (χ4n) is 3.15. The van der Waals surface area contributed by atoms with Crippen molar-refractivity contribution in [1.29, 1.82) is 0 Å². The number of sulfone groups is 1. The minimum Gasteiger partial charge on any atom is -0.444 e. The third-order valence-corrected chi connectivity index (χ3v) is 7.19. The monoisotopic (exact) mass is 452 g/mol. The van der Waals surface area contributed by atoms with E-state index in [4.69, 9.17) is 14.7 Å². The van der Waals surface area contributed by atoms with E-state index in [-0.39, 0.29) is 13.0 Å². The number of hydroxylamine groups is 1. The molecule has 1 aliphatic rings. The van der Waals surface area contributed by atoms with E-state index in [0.717, 1.165) is 37.7 Å². The van der Waals surface area contributed by atoms with E-state index in [1.54, 1.807) is 31.4 Å². The van der Waals surface area contributed by atoms with Gasteiger partial charge < -0.3 is 9.47 Å². The highest BCUT2D eigenvalue weighted by Gasteiger charge is 2.48. The zero-order valence-electron chi connectivity index (χ0n) is 17.9. The van der Waals surface area contributed by atoms with Gasteiger partial charge in [-0.2, -0.15) is 0 Å². The number of nitrogens with one attached hydrogen (secondary N) is 1. The van der Waals surface area contributed by atoms with Crippen molar-refractivity contribution in [2.45, 2.75) is 43.5 Å². The molecular weight excluding hydrogens is 424 g/mol. The predicted octanol–water partition coefficient (Wildman–Crippen LogP) is 1.88. The number of anilines is 1. The normalized spacial score (nSPS) is 18.0. The van der Waals surface area contributed by atoms with Crippen molar-refractivity contribution in [1.82, 2.24) is 5.48 Å². The number of unbranched alkanes of at least 4 members (excludes halogenated alkanes) is 2. The van der Waals surface area contributed by atoms with Crippen molar-refractivity contribution >= 4 is 27.5 Å². The van der Waals surface area contributed by atoms with Crippen molar-refractivity contribution in [3.8, 4) is 11.8 Å². The number of hydrogen-bond donors (Lipinski definition) is 2. The van der Waals surface area contributed by atoms with Gasteiger partial charge in [-0.05, 0) is 44.0 Å². The largest absolute Gasteiger partial charge is 0.444 e. The zero-order valence-corrected chi connectivity index (χ0v) is 18.7. The molecule has 1 aliphatic heterocycles. The summed E-state index contributed by atoms with van der Waals surface area (Å²) >= 11 is 0. The maximum absolute atomic E-state index is 12.3. The molecule has 0 aliphatic carbocycles. The van der Waals surface area contributed by atoms with Crippen molar-refractivity contribution in [2.24, 2.45) is 0 Å². The number of nitrogens with zero attached hydrogens (tertiary/aromatic N) is 1. The van der Waals surface area contributed by atoms with Gasteiger partial charge in [-0.3, -0.25) is 14.9 Å². The van der Waals surface area contributed by atoms with Crippen LogP contribution in [0, 0.1) is 11.8 Å². The molecule has 1 heterocycles. The molecule has 9 nitrogen and oxygen atoms in total. The Morgan fingerprint density at radius 3 is 2.61 bits per heavy atom. The molecule has 0 radical (unpaired) electrons. The van der Waals surface area contributed by atoms with E-state index >= 15 is 0 Å². The molecule has 0 spiro atoms. The summed E-state index contributed by atoms with van der Waals surface area (Å²) in [5.41, 5.74) is 2.77. The molecule has 2 amide bonds. The number of hydrogen-bond acceptors (Lipinski definition) is 7. The molecule has 1 fully saturated rings. The predicted molar refractivity (Wildman–Crippen MR) is 114 cm³/mol. The summed E-state index contributed by atoms with van der Waals surface area (Å²) in [4.78, 5) is 25.7. The summed E-state index contributed by atoms with van der Waals surface area (Å²) in [5.74, 6) is 5.09. The quantitative estimate of drug-likeness (QED) is 0.254. The second-order valence-corrected chi connectivity index (χ2v) is 10.0. The number of carbonyl (C=O) groups excluding carboxylic acids is 2. The number of cyclic esters (lactones) is 1. The first-order valence-corrected chi connectivity index (χ1v) is 11.7. The maximum Gasteiger partial charge on any atom is 0.414 e. The molecule has 31 heavy (non-hydrogen) atoms. The molecule has 0 bridgehead atoms. The summed E-state index contributed by atoms with van der Waals surface area (Å²) in [5, 5.41) is 8.93. The van der Waals surface area contributed by atoms with E-state index < -0.39 is 32.7 Å².